The quantitative estimate of drug-likeness (QED) is 0.843. The number of anilines is 1. The molecule has 24 heavy (non-hydrogen) atoms. The van der Waals surface area contributed by atoms with Gasteiger partial charge in [-0.3, -0.25) is 4.79 Å². The zero-order chi connectivity index (χ0) is 17.5. The molecule has 6 heteroatoms. The van der Waals surface area contributed by atoms with Crippen molar-refractivity contribution in [3.05, 3.63) is 29.8 Å². The van der Waals surface area contributed by atoms with Gasteiger partial charge in [-0.2, -0.15) is 0 Å². The van der Waals surface area contributed by atoms with E-state index < -0.39 is 0 Å². The van der Waals surface area contributed by atoms with Crippen LogP contribution in [0.5, 0.6) is 5.75 Å². The fourth-order valence-electron chi connectivity index (χ4n) is 3.08. The third-order valence-corrected chi connectivity index (χ3v) is 4.20. The second-order valence-electron chi connectivity index (χ2n) is 6.06. The topological polar surface area (TPSA) is 74.7 Å². The fourth-order valence-corrected chi connectivity index (χ4v) is 3.08. The van der Waals surface area contributed by atoms with Crippen molar-refractivity contribution in [3.8, 4) is 5.75 Å². The average molecular weight is 331 g/mol. The predicted octanol–water partition coefficient (Wildman–Crippen LogP) is 2.76. The molecular weight excluding hydrogens is 306 g/mol. The summed E-state index contributed by atoms with van der Waals surface area (Å²) in [7, 11) is 3.87. The van der Waals surface area contributed by atoms with E-state index >= 15 is 0 Å². The monoisotopic (exact) mass is 331 g/mol. The number of hydrogen-bond donors (Lipinski definition) is 2. The van der Waals surface area contributed by atoms with Gasteiger partial charge in [-0.25, -0.2) is 4.98 Å². The molecular formula is C18H25N3O3. The van der Waals surface area contributed by atoms with Crippen molar-refractivity contribution >= 4 is 23.2 Å². The van der Waals surface area contributed by atoms with Gasteiger partial charge >= 0.3 is 0 Å². The van der Waals surface area contributed by atoms with Gasteiger partial charge in [0.05, 0.1) is 12.6 Å². The number of ether oxygens (including phenoxy) is 1. The van der Waals surface area contributed by atoms with Gasteiger partial charge in [0.2, 0.25) is 0 Å². The Hall–Kier alpha value is -2.34. The molecule has 2 aromatic rings. The van der Waals surface area contributed by atoms with Gasteiger partial charge in [0.1, 0.15) is 11.6 Å². The molecule has 0 saturated carbocycles. The van der Waals surface area contributed by atoms with E-state index in [1.807, 2.05) is 12.1 Å². The lowest BCUT2D eigenvalue weighted by Gasteiger charge is -2.30. The molecule has 0 spiro atoms. The van der Waals surface area contributed by atoms with Crippen molar-refractivity contribution in [2.45, 2.75) is 25.8 Å². The molecule has 2 N–H and O–H groups in total. The predicted molar refractivity (Wildman–Crippen MR) is 95.9 cm³/mol. The second-order valence-corrected chi connectivity index (χ2v) is 6.06. The molecule has 0 amide bonds. The van der Waals surface area contributed by atoms with Gasteiger partial charge < -0.3 is 20.1 Å². The SMILES string of the molecule is COc1ccc2c(C)cc(NC3CCCN(C)C3)nc2c1.O=CO. The number of rotatable bonds is 3. The Balaban J connectivity index is 0.000000647. The highest BCUT2D eigenvalue weighted by molar-refractivity contribution is 5.85. The summed E-state index contributed by atoms with van der Waals surface area (Å²) in [5.74, 6) is 1.82. The zero-order valence-electron chi connectivity index (χ0n) is 14.5. The number of likely N-dealkylation sites (N-methyl/N-ethyl adjacent to an activating group) is 1. The summed E-state index contributed by atoms with van der Waals surface area (Å²) in [5.41, 5.74) is 2.23. The first kappa shape index (κ1) is 18.0. The number of pyridine rings is 1. The first-order chi connectivity index (χ1) is 11.6. The van der Waals surface area contributed by atoms with E-state index in [0.717, 1.165) is 23.6 Å². The van der Waals surface area contributed by atoms with Gasteiger partial charge in [-0.15, -0.1) is 0 Å². The third-order valence-electron chi connectivity index (χ3n) is 4.20. The minimum atomic E-state index is -0.250. The molecule has 1 unspecified atom stereocenters. The van der Waals surface area contributed by atoms with Crippen LogP contribution in [0, 0.1) is 6.92 Å². The third kappa shape index (κ3) is 4.58. The summed E-state index contributed by atoms with van der Waals surface area (Å²) in [6.45, 7) is 4.16. The molecule has 3 rings (SSSR count). The number of nitrogens with one attached hydrogen (secondary N) is 1. The Bertz CT molecular complexity index is 691. The average Bonchev–Trinajstić information content (AvgIpc) is 2.55. The van der Waals surface area contributed by atoms with E-state index in [0.29, 0.717) is 6.04 Å². The molecule has 6 nitrogen and oxygen atoms in total. The van der Waals surface area contributed by atoms with E-state index in [-0.39, 0.29) is 6.47 Å². The highest BCUT2D eigenvalue weighted by Crippen LogP contribution is 2.25. The Morgan fingerprint density at radius 3 is 2.83 bits per heavy atom. The van der Waals surface area contributed by atoms with Crippen molar-refractivity contribution in [3.63, 3.8) is 0 Å². The van der Waals surface area contributed by atoms with Gasteiger partial charge in [0.25, 0.3) is 6.47 Å². The Labute approximate surface area is 142 Å². The van der Waals surface area contributed by atoms with Crippen LogP contribution in [-0.4, -0.2) is 54.8 Å². The van der Waals surface area contributed by atoms with Crippen molar-refractivity contribution in [1.29, 1.82) is 0 Å². The van der Waals surface area contributed by atoms with Crippen molar-refractivity contribution in [2.24, 2.45) is 0 Å². The van der Waals surface area contributed by atoms with Gasteiger partial charge in [-0.1, -0.05) is 0 Å². The molecule has 1 saturated heterocycles. The van der Waals surface area contributed by atoms with Crippen LogP contribution in [0.25, 0.3) is 10.9 Å². The van der Waals surface area contributed by atoms with Crippen LogP contribution in [0.1, 0.15) is 18.4 Å². The standard InChI is InChI=1S/C17H23N3O.CH2O2/c1-12-9-17(18-13-5-4-8-20(2)11-13)19-16-10-14(21-3)6-7-15(12)16;2-1-3/h6-7,9-10,13H,4-5,8,11H2,1-3H3,(H,18,19);1H,(H,2,3). The normalized spacial score (nSPS) is 17.7. The number of carboxylic acid groups (broad SMARTS) is 1. The molecule has 0 bridgehead atoms. The van der Waals surface area contributed by atoms with Crippen LogP contribution < -0.4 is 10.1 Å². The van der Waals surface area contributed by atoms with E-state index in [9.17, 15) is 0 Å². The number of aromatic nitrogens is 1. The van der Waals surface area contributed by atoms with Crippen LogP contribution in [0.2, 0.25) is 0 Å². The number of fused-ring (bicyclic) bond motifs is 1. The molecule has 1 aliphatic heterocycles. The van der Waals surface area contributed by atoms with Crippen LogP contribution in [0.3, 0.4) is 0 Å². The van der Waals surface area contributed by atoms with Gasteiger partial charge in [0, 0.05) is 24.0 Å². The molecule has 0 aliphatic carbocycles. The van der Waals surface area contributed by atoms with Gasteiger partial charge in [0.15, 0.2) is 0 Å². The number of aryl methyl sites for hydroxylation is 1. The largest absolute Gasteiger partial charge is 0.497 e. The Kier molecular flexibility index (Phi) is 6.37. The minimum absolute atomic E-state index is 0.250. The smallest absolute Gasteiger partial charge is 0.290 e. The molecule has 2 heterocycles. The Morgan fingerprint density at radius 2 is 2.17 bits per heavy atom. The van der Waals surface area contributed by atoms with Crippen LogP contribution in [-0.2, 0) is 4.79 Å². The maximum absolute atomic E-state index is 8.36. The van der Waals surface area contributed by atoms with E-state index in [2.05, 4.69) is 36.3 Å². The minimum Gasteiger partial charge on any atom is -0.497 e. The van der Waals surface area contributed by atoms with E-state index in [1.54, 1.807) is 7.11 Å². The number of nitrogens with zero attached hydrogens (tertiary/aromatic N) is 2. The number of hydrogen-bond acceptors (Lipinski definition) is 5. The number of benzene rings is 1. The van der Waals surface area contributed by atoms with Crippen LogP contribution in [0.4, 0.5) is 5.82 Å². The molecule has 1 aromatic heterocycles. The highest BCUT2D eigenvalue weighted by Gasteiger charge is 2.17. The van der Waals surface area contributed by atoms with Gasteiger partial charge in [-0.05, 0) is 57.1 Å². The summed E-state index contributed by atoms with van der Waals surface area (Å²) < 4.78 is 5.30. The maximum atomic E-state index is 8.36. The molecule has 1 fully saturated rings. The fraction of sp³-hybridized carbons (Fsp3) is 0.444. The van der Waals surface area contributed by atoms with E-state index in [1.165, 1.54) is 30.3 Å². The Morgan fingerprint density at radius 1 is 1.42 bits per heavy atom. The number of likely N-dealkylation sites (tertiary alicyclic amines) is 1. The summed E-state index contributed by atoms with van der Waals surface area (Å²) in [6, 6.07) is 8.69. The lowest BCUT2D eigenvalue weighted by Crippen LogP contribution is -2.39. The summed E-state index contributed by atoms with van der Waals surface area (Å²) in [6.07, 6.45) is 2.45. The first-order valence-corrected chi connectivity index (χ1v) is 8.05. The maximum Gasteiger partial charge on any atom is 0.290 e. The molecule has 0 radical (unpaired) electrons. The lowest BCUT2D eigenvalue weighted by atomic mass is 10.1. The van der Waals surface area contributed by atoms with Crippen LogP contribution >= 0.6 is 0 Å². The van der Waals surface area contributed by atoms with E-state index in [4.69, 9.17) is 19.6 Å². The molecule has 1 aliphatic rings. The second kappa shape index (κ2) is 8.49. The summed E-state index contributed by atoms with van der Waals surface area (Å²) in [5, 5.41) is 11.7. The zero-order valence-corrected chi connectivity index (χ0v) is 14.5. The van der Waals surface area contributed by atoms with Crippen molar-refractivity contribution in [2.75, 3.05) is 32.6 Å². The molecule has 1 atom stereocenters. The number of piperidine rings is 1. The van der Waals surface area contributed by atoms with Crippen LogP contribution in [0.15, 0.2) is 24.3 Å². The lowest BCUT2D eigenvalue weighted by molar-refractivity contribution is -0.122. The van der Waals surface area contributed by atoms with Crippen molar-refractivity contribution < 1.29 is 14.6 Å². The summed E-state index contributed by atoms with van der Waals surface area (Å²) in [4.78, 5) is 15.5. The molecule has 130 valence electrons. The number of methoxy groups -OCH3 is 1. The highest BCUT2D eigenvalue weighted by atomic mass is 16.5. The summed E-state index contributed by atoms with van der Waals surface area (Å²) >= 11 is 0. The number of carbonyl (C=O) groups is 1. The van der Waals surface area contributed by atoms with Crippen molar-refractivity contribution in [1.82, 2.24) is 9.88 Å². The first-order valence-electron chi connectivity index (χ1n) is 8.05. The molecule has 1 aromatic carbocycles.